The van der Waals surface area contributed by atoms with Crippen molar-refractivity contribution in [3.05, 3.63) is 52.7 Å². The Hall–Kier alpha value is -1.93. The van der Waals surface area contributed by atoms with E-state index in [4.69, 9.17) is 11.6 Å². The number of halogens is 4. The molecule has 1 heterocycles. The van der Waals surface area contributed by atoms with Crippen LogP contribution in [0, 0.1) is 6.92 Å². The van der Waals surface area contributed by atoms with Crippen LogP contribution >= 0.6 is 23.4 Å². The van der Waals surface area contributed by atoms with E-state index in [1.807, 2.05) is 32.0 Å². The van der Waals surface area contributed by atoms with Crippen LogP contribution < -0.4 is 10.2 Å². The largest absolute Gasteiger partial charge is 0.417 e. The zero-order valence-electron chi connectivity index (χ0n) is 15.5. The minimum Gasteiger partial charge on any atom is -0.370 e. The van der Waals surface area contributed by atoms with Crippen molar-refractivity contribution in [3.8, 4) is 0 Å². The Bertz CT molecular complexity index is 817. The summed E-state index contributed by atoms with van der Waals surface area (Å²) in [5.41, 5.74) is 1.34. The van der Waals surface area contributed by atoms with Crippen molar-refractivity contribution in [2.75, 3.05) is 30.3 Å². The average Bonchev–Trinajstić information content (AvgIpc) is 2.63. The number of hydrogen-bond acceptors (Lipinski definition) is 4. The third kappa shape index (κ3) is 6.60. The van der Waals surface area contributed by atoms with Crippen molar-refractivity contribution in [1.29, 1.82) is 0 Å². The van der Waals surface area contributed by atoms with Crippen LogP contribution in [-0.4, -0.2) is 36.3 Å². The predicted molar refractivity (Wildman–Crippen MR) is 107 cm³/mol. The second-order valence-corrected chi connectivity index (χ2v) is 7.44. The molecule has 0 saturated heterocycles. The Kier molecular flexibility index (Phi) is 8.00. The van der Waals surface area contributed by atoms with Crippen molar-refractivity contribution in [2.24, 2.45) is 0 Å². The molecule has 4 nitrogen and oxygen atoms in total. The Morgan fingerprint density at radius 2 is 2.07 bits per heavy atom. The number of thioether (sulfide) groups is 1. The fraction of sp³-hybridized carbons (Fsp3) is 0.368. The molecule has 0 fully saturated rings. The number of nitrogens with zero attached hydrogens (tertiary/aromatic N) is 2. The lowest BCUT2D eigenvalue weighted by atomic mass is 10.2. The highest BCUT2D eigenvalue weighted by atomic mass is 35.5. The van der Waals surface area contributed by atoms with Crippen LogP contribution in [0.15, 0.2) is 41.6 Å². The molecule has 0 unspecified atom stereocenters. The number of aromatic nitrogens is 1. The second-order valence-electron chi connectivity index (χ2n) is 6.07. The Morgan fingerprint density at radius 3 is 2.68 bits per heavy atom. The molecule has 9 heteroatoms. The molecule has 0 aliphatic rings. The SMILES string of the molecule is CCN(CCNC(=O)CSc1ncc(C(F)(F)F)cc1Cl)c1cccc(C)c1. The summed E-state index contributed by atoms with van der Waals surface area (Å²) in [6.45, 7) is 5.97. The Labute approximate surface area is 171 Å². The molecule has 0 saturated carbocycles. The third-order valence-electron chi connectivity index (χ3n) is 3.93. The number of amides is 1. The molecule has 0 atom stereocenters. The minimum atomic E-state index is -4.50. The highest BCUT2D eigenvalue weighted by molar-refractivity contribution is 8.00. The van der Waals surface area contributed by atoms with Gasteiger partial charge in [-0.05, 0) is 37.6 Å². The van der Waals surface area contributed by atoms with Gasteiger partial charge < -0.3 is 10.2 Å². The van der Waals surface area contributed by atoms with Gasteiger partial charge in [0.05, 0.1) is 16.3 Å². The first-order valence-corrected chi connectivity index (χ1v) is 10.0. The number of nitrogens with one attached hydrogen (secondary N) is 1. The summed E-state index contributed by atoms with van der Waals surface area (Å²) >= 11 is 6.84. The van der Waals surface area contributed by atoms with Crippen LogP contribution in [0.25, 0.3) is 0 Å². The van der Waals surface area contributed by atoms with Crippen molar-refractivity contribution >= 4 is 35.0 Å². The number of pyridine rings is 1. The molecule has 0 radical (unpaired) electrons. The number of rotatable bonds is 8. The van der Waals surface area contributed by atoms with Gasteiger partial charge in [-0.15, -0.1) is 0 Å². The normalized spacial score (nSPS) is 11.4. The predicted octanol–water partition coefficient (Wildman–Crippen LogP) is 4.80. The van der Waals surface area contributed by atoms with E-state index in [1.54, 1.807) is 0 Å². The minimum absolute atomic E-state index is 0.0225. The molecule has 0 aliphatic carbocycles. The van der Waals surface area contributed by atoms with E-state index >= 15 is 0 Å². The van der Waals surface area contributed by atoms with Crippen molar-refractivity contribution in [3.63, 3.8) is 0 Å². The Morgan fingerprint density at radius 1 is 1.32 bits per heavy atom. The van der Waals surface area contributed by atoms with Gasteiger partial charge in [0.2, 0.25) is 5.91 Å². The summed E-state index contributed by atoms with van der Waals surface area (Å²) in [6.07, 6.45) is -3.78. The van der Waals surface area contributed by atoms with Gasteiger partial charge in [0, 0.05) is 31.5 Å². The lowest BCUT2D eigenvalue weighted by molar-refractivity contribution is -0.137. The van der Waals surface area contributed by atoms with Gasteiger partial charge in [0.1, 0.15) is 5.03 Å². The molecule has 1 aromatic heterocycles. The van der Waals surface area contributed by atoms with Gasteiger partial charge >= 0.3 is 6.18 Å². The number of carbonyl (C=O) groups is 1. The summed E-state index contributed by atoms with van der Waals surface area (Å²) in [4.78, 5) is 17.9. The number of aryl methyl sites for hydroxylation is 1. The van der Waals surface area contributed by atoms with Gasteiger partial charge in [-0.25, -0.2) is 4.98 Å². The maximum absolute atomic E-state index is 12.6. The van der Waals surface area contributed by atoms with E-state index in [9.17, 15) is 18.0 Å². The van der Waals surface area contributed by atoms with Crippen LogP contribution in [0.4, 0.5) is 18.9 Å². The molecule has 0 bridgehead atoms. The first-order valence-electron chi connectivity index (χ1n) is 8.64. The van der Waals surface area contributed by atoms with Crippen molar-refractivity contribution in [1.82, 2.24) is 10.3 Å². The average molecular weight is 432 g/mol. The zero-order chi connectivity index (χ0) is 20.7. The highest BCUT2D eigenvalue weighted by Gasteiger charge is 2.31. The molecular formula is C19H21ClF3N3OS. The van der Waals surface area contributed by atoms with Gasteiger partial charge in [-0.2, -0.15) is 13.2 Å². The maximum atomic E-state index is 12.6. The van der Waals surface area contributed by atoms with E-state index in [1.165, 1.54) is 0 Å². The van der Waals surface area contributed by atoms with Crippen molar-refractivity contribution in [2.45, 2.75) is 25.0 Å². The summed E-state index contributed by atoms with van der Waals surface area (Å²) in [5, 5.41) is 2.88. The van der Waals surface area contributed by atoms with Gasteiger partial charge in [0.25, 0.3) is 0 Å². The molecular weight excluding hydrogens is 411 g/mol. The molecule has 0 aliphatic heterocycles. The molecule has 2 rings (SSSR count). The van der Waals surface area contributed by atoms with Gasteiger partial charge in [-0.1, -0.05) is 35.5 Å². The van der Waals surface area contributed by atoms with Crippen LogP contribution in [0.1, 0.15) is 18.1 Å². The number of alkyl halides is 3. The number of benzene rings is 1. The lowest BCUT2D eigenvalue weighted by Crippen LogP contribution is -2.35. The molecule has 152 valence electrons. The van der Waals surface area contributed by atoms with E-state index in [2.05, 4.69) is 21.3 Å². The fourth-order valence-electron chi connectivity index (χ4n) is 2.50. The van der Waals surface area contributed by atoms with E-state index in [-0.39, 0.29) is 21.7 Å². The Balaban J connectivity index is 1.81. The maximum Gasteiger partial charge on any atom is 0.417 e. The molecule has 1 N–H and O–H groups in total. The van der Waals surface area contributed by atoms with E-state index in [0.29, 0.717) is 19.3 Å². The molecule has 1 aromatic carbocycles. The topological polar surface area (TPSA) is 45.2 Å². The highest BCUT2D eigenvalue weighted by Crippen LogP contribution is 2.33. The van der Waals surface area contributed by atoms with E-state index < -0.39 is 11.7 Å². The van der Waals surface area contributed by atoms with Crippen molar-refractivity contribution < 1.29 is 18.0 Å². The third-order valence-corrected chi connectivity index (χ3v) is 5.33. The summed E-state index contributed by atoms with van der Waals surface area (Å²) < 4.78 is 37.9. The lowest BCUT2D eigenvalue weighted by Gasteiger charge is -2.23. The summed E-state index contributed by atoms with van der Waals surface area (Å²) in [7, 11) is 0. The molecule has 28 heavy (non-hydrogen) atoms. The van der Waals surface area contributed by atoms with Crippen LogP contribution in [-0.2, 0) is 11.0 Å². The number of hydrogen-bond donors (Lipinski definition) is 1. The first-order chi connectivity index (χ1) is 13.2. The van der Waals surface area contributed by atoms with E-state index in [0.717, 1.165) is 35.6 Å². The fourth-order valence-corrected chi connectivity index (χ4v) is 3.52. The van der Waals surface area contributed by atoms with Crippen LogP contribution in [0.2, 0.25) is 5.02 Å². The summed E-state index contributed by atoms with van der Waals surface area (Å²) in [6, 6.07) is 8.93. The van der Waals surface area contributed by atoms with Crippen LogP contribution in [0.5, 0.6) is 0 Å². The van der Waals surface area contributed by atoms with Gasteiger partial charge in [-0.3, -0.25) is 4.79 Å². The molecule has 2 aromatic rings. The smallest absolute Gasteiger partial charge is 0.370 e. The molecule has 1 amide bonds. The first kappa shape index (κ1) is 22.4. The number of likely N-dealkylation sites (N-methyl/N-ethyl adjacent to an activating group) is 1. The number of carbonyl (C=O) groups excluding carboxylic acids is 1. The van der Waals surface area contributed by atoms with Gasteiger partial charge in [0.15, 0.2) is 0 Å². The summed E-state index contributed by atoms with van der Waals surface area (Å²) in [5.74, 6) is -0.211. The second kappa shape index (κ2) is 10.0. The zero-order valence-corrected chi connectivity index (χ0v) is 17.1. The quantitative estimate of drug-likeness (QED) is 0.610. The standard InChI is InChI=1S/C19H21ClF3N3OS/c1-3-26(15-6-4-5-13(2)9-15)8-7-24-17(27)12-28-18-16(20)10-14(11-25-18)19(21,22)23/h4-6,9-11H,3,7-8,12H2,1-2H3,(H,24,27). The number of anilines is 1. The van der Waals surface area contributed by atoms with Crippen LogP contribution in [0.3, 0.4) is 0 Å². The molecule has 0 spiro atoms. The monoisotopic (exact) mass is 431 g/mol.